The van der Waals surface area contributed by atoms with Crippen molar-refractivity contribution in [3.05, 3.63) is 0 Å². The molecule has 0 saturated carbocycles. The average Bonchev–Trinajstić information content (AvgIpc) is 2.66. The van der Waals surface area contributed by atoms with E-state index in [-0.39, 0.29) is 0 Å². The number of carbonyl (C=O) groups is 1. The van der Waals surface area contributed by atoms with Crippen molar-refractivity contribution >= 4 is 6.41 Å². The lowest BCUT2D eigenvalue weighted by Gasteiger charge is -2.10. The molecule has 0 atom stereocenters. The number of rotatable bonds is 22. The normalized spacial score (nSPS) is 11.0. The van der Waals surface area contributed by atoms with Crippen molar-refractivity contribution in [2.45, 2.75) is 0 Å². The Labute approximate surface area is 156 Å². The van der Waals surface area contributed by atoms with Crippen molar-refractivity contribution in [2.75, 3.05) is 107 Å². The summed E-state index contributed by atoms with van der Waals surface area (Å²) in [5, 5.41) is 0. The van der Waals surface area contributed by atoms with Crippen LogP contribution in [-0.2, 0) is 38.0 Å². The van der Waals surface area contributed by atoms with Crippen molar-refractivity contribution < 1.29 is 38.0 Å². The first-order valence-electron chi connectivity index (χ1n) is 8.92. The zero-order valence-corrected chi connectivity index (χ0v) is 16.2. The zero-order chi connectivity index (χ0) is 19.1. The molecule has 156 valence electrons. The minimum Gasteiger partial charge on any atom is -0.382 e. The molecule has 0 spiro atoms. The average molecular weight is 381 g/mol. The van der Waals surface area contributed by atoms with Crippen molar-refractivity contribution in [1.82, 2.24) is 4.90 Å². The summed E-state index contributed by atoms with van der Waals surface area (Å²) < 4.78 is 36.9. The summed E-state index contributed by atoms with van der Waals surface area (Å²) in [5.41, 5.74) is 0. The molecular weight excluding hydrogens is 346 g/mol. The van der Waals surface area contributed by atoms with Crippen LogP contribution in [0, 0.1) is 0 Å². The highest BCUT2D eigenvalue weighted by molar-refractivity contribution is 5.46. The van der Waals surface area contributed by atoms with Gasteiger partial charge in [0.15, 0.2) is 0 Å². The summed E-state index contributed by atoms with van der Waals surface area (Å²) in [5.74, 6) is 0. The zero-order valence-electron chi connectivity index (χ0n) is 16.2. The van der Waals surface area contributed by atoms with E-state index < -0.39 is 0 Å². The first-order valence-corrected chi connectivity index (χ1v) is 8.92. The summed E-state index contributed by atoms with van der Waals surface area (Å²) in [6, 6.07) is 0. The number of methoxy groups -OCH3 is 1. The fourth-order valence-electron chi connectivity index (χ4n) is 1.61. The van der Waals surface area contributed by atoms with Crippen molar-refractivity contribution in [3.63, 3.8) is 0 Å². The third-order valence-electron chi connectivity index (χ3n) is 3.06. The third kappa shape index (κ3) is 21.2. The van der Waals surface area contributed by atoms with E-state index in [1.165, 1.54) is 4.90 Å². The van der Waals surface area contributed by atoms with E-state index in [1.54, 1.807) is 14.2 Å². The third-order valence-corrected chi connectivity index (χ3v) is 3.06. The van der Waals surface area contributed by atoms with E-state index >= 15 is 0 Å². The van der Waals surface area contributed by atoms with E-state index in [2.05, 4.69) is 0 Å². The summed E-state index contributed by atoms with van der Waals surface area (Å²) in [7, 11) is 3.35. The van der Waals surface area contributed by atoms with Gasteiger partial charge in [0.2, 0.25) is 6.41 Å². The number of nitrogens with zero attached hydrogens (tertiary/aromatic N) is 1. The molecule has 0 aromatic heterocycles. The molecule has 0 saturated heterocycles. The standard InChI is InChI=1S/C17H35NO8/c1-18(17-19)3-4-21-7-8-23-11-12-25-15-16-26-14-13-24-10-9-22-6-5-20-2/h17H,3-16H2,1-2H3. The monoisotopic (exact) mass is 381 g/mol. The maximum Gasteiger partial charge on any atom is 0.209 e. The largest absolute Gasteiger partial charge is 0.382 e. The second kappa shape index (κ2) is 22.2. The number of hydrogen-bond acceptors (Lipinski definition) is 8. The lowest BCUT2D eigenvalue weighted by Crippen LogP contribution is -2.22. The molecule has 9 heteroatoms. The minimum atomic E-state index is 0.507. The number of likely N-dealkylation sites (N-methyl/N-ethyl adjacent to an activating group) is 1. The van der Waals surface area contributed by atoms with Gasteiger partial charge in [-0.25, -0.2) is 0 Å². The molecule has 0 rings (SSSR count). The smallest absolute Gasteiger partial charge is 0.209 e. The van der Waals surface area contributed by atoms with Crippen molar-refractivity contribution in [3.8, 4) is 0 Å². The minimum absolute atomic E-state index is 0.507. The van der Waals surface area contributed by atoms with Gasteiger partial charge in [0.1, 0.15) is 0 Å². The molecule has 0 aromatic rings. The Hall–Kier alpha value is -0.810. The Balaban J connectivity index is 3.00. The van der Waals surface area contributed by atoms with Gasteiger partial charge < -0.3 is 38.1 Å². The molecule has 0 aliphatic heterocycles. The Morgan fingerprint density at radius 2 is 0.885 bits per heavy atom. The van der Waals surface area contributed by atoms with E-state index in [1.807, 2.05) is 0 Å². The summed E-state index contributed by atoms with van der Waals surface area (Å²) in [6.07, 6.45) is 0.773. The van der Waals surface area contributed by atoms with Crippen LogP contribution in [0.5, 0.6) is 0 Å². The molecule has 0 N–H and O–H groups in total. The Kier molecular flexibility index (Phi) is 21.5. The maximum absolute atomic E-state index is 10.3. The molecular formula is C17H35NO8. The SMILES string of the molecule is COCCOCCOCCOCCOCCOCCOCCN(C)C=O. The van der Waals surface area contributed by atoms with Gasteiger partial charge in [-0.3, -0.25) is 4.79 Å². The van der Waals surface area contributed by atoms with E-state index in [9.17, 15) is 4.79 Å². The fraction of sp³-hybridized carbons (Fsp3) is 0.941. The van der Waals surface area contributed by atoms with Crippen LogP contribution in [0.15, 0.2) is 0 Å². The highest BCUT2D eigenvalue weighted by Crippen LogP contribution is 1.85. The van der Waals surface area contributed by atoms with Gasteiger partial charge in [0.05, 0.1) is 85.9 Å². The predicted octanol–water partition coefficient (Wildman–Crippen LogP) is -0.179. The van der Waals surface area contributed by atoms with Gasteiger partial charge in [-0.05, 0) is 0 Å². The summed E-state index contributed by atoms with van der Waals surface area (Å²) >= 11 is 0. The maximum atomic E-state index is 10.3. The molecule has 0 aliphatic carbocycles. The van der Waals surface area contributed by atoms with Crippen LogP contribution in [0.1, 0.15) is 0 Å². The lowest BCUT2D eigenvalue weighted by molar-refractivity contribution is -0.117. The first-order chi connectivity index (χ1) is 12.8. The van der Waals surface area contributed by atoms with Gasteiger partial charge >= 0.3 is 0 Å². The van der Waals surface area contributed by atoms with E-state index in [0.29, 0.717) is 92.4 Å². The van der Waals surface area contributed by atoms with Crippen LogP contribution >= 0.6 is 0 Å². The van der Waals surface area contributed by atoms with Crippen LogP contribution in [0.2, 0.25) is 0 Å². The van der Waals surface area contributed by atoms with Crippen LogP contribution in [0.4, 0.5) is 0 Å². The van der Waals surface area contributed by atoms with Gasteiger partial charge in [0.25, 0.3) is 0 Å². The number of amides is 1. The predicted molar refractivity (Wildman–Crippen MR) is 95.5 cm³/mol. The van der Waals surface area contributed by atoms with Crippen LogP contribution in [0.25, 0.3) is 0 Å². The molecule has 0 radical (unpaired) electrons. The molecule has 0 unspecified atom stereocenters. The summed E-state index contributed by atoms with van der Waals surface area (Å²) in [6.45, 7) is 7.59. The summed E-state index contributed by atoms with van der Waals surface area (Å²) in [4.78, 5) is 11.9. The van der Waals surface area contributed by atoms with Gasteiger partial charge in [-0.2, -0.15) is 0 Å². The Bertz CT molecular complexity index is 283. The van der Waals surface area contributed by atoms with Gasteiger partial charge in [0, 0.05) is 20.7 Å². The topological polar surface area (TPSA) is 84.9 Å². The molecule has 0 aromatic carbocycles. The molecule has 0 heterocycles. The van der Waals surface area contributed by atoms with Crippen LogP contribution in [0.3, 0.4) is 0 Å². The molecule has 0 aliphatic rings. The Morgan fingerprint density at radius 1 is 0.577 bits per heavy atom. The van der Waals surface area contributed by atoms with E-state index in [0.717, 1.165) is 6.41 Å². The van der Waals surface area contributed by atoms with Crippen molar-refractivity contribution in [1.29, 1.82) is 0 Å². The van der Waals surface area contributed by atoms with E-state index in [4.69, 9.17) is 33.2 Å². The number of hydrogen-bond donors (Lipinski definition) is 0. The second-order valence-corrected chi connectivity index (χ2v) is 5.25. The highest BCUT2D eigenvalue weighted by atomic mass is 16.6. The molecule has 0 fully saturated rings. The molecule has 1 amide bonds. The van der Waals surface area contributed by atoms with Gasteiger partial charge in [-0.15, -0.1) is 0 Å². The number of ether oxygens (including phenoxy) is 7. The number of carbonyl (C=O) groups excluding carboxylic acids is 1. The van der Waals surface area contributed by atoms with Crippen molar-refractivity contribution in [2.24, 2.45) is 0 Å². The first kappa shape index (κ1) is 25.2. The molecule has 9 nitrogen and oxygen atoms in total. The highest BCUT2D eigenvalue weighted by Gasteiger charge is 1.95. The quantitative estimate of drug-likeness (QED) is 0.189. The van der Waals surface area contributed by atoms with Crippen LogP contribution in [-0.4, -0.2) is 118 Å². The Morgan fingerprint density at radius 3 is 1.19 bits per heavy atom. The van der Waals surface area contributed by atoms with Gasteiger partial charge in [-0.1, -0.05) is 0 Å². The molecule has 0 bridgehead atoms. The van der Waals surface area contributed by atoms with Crippen LogP contribution < -0.4 is 0 Å². The second-order valence-electron chi connectivity index (χ2n) is 5.25. The lowest BCUT2D eigenvalue weighted by atomic mass is 10.6. The fourth-order valence-corrected chi connectivity index (χ4v) is 1.61. The molecule has 26 heavy (non-hydrogen) atoms.